The van der Waals surface area contributed by atoms with Crippen molar-refractivity contribution < 1.29 is 4.74 Å². The number of rotatable bonds is 5. The van der Waals surface area contributed by atoms with Crippen LogP contribution in [0, 0.1) is 0 Å². The molecule has 0 atom stereocenters. The highest BCUT2D eigenvalue weighted by atomic mass is 35.5. The van der Waals surface area contributed by atoms with Crippen molar-refractivity contribution in [3.63, 3.8) is 0 Å². The SMILES string of the molecule is CCOc1ccccc1CSc1ccc(Cl)cc1. The molecule has 1 nitrogen and oxygen atoms in total. The summed E-state index contributed by atoms with van der Waals surface area (Å²) in [5.74, 6) is 1.87. The van der Waals surface area contributed by atoms with Gasteiger partial charge in [-0.05, 0) is 37.3 Å². The number of hydrogen-bond donors (Lipinski definition) is 0. The van der Waals surface area contributed by atoms with E-state index >= 15 is 0 Å². The zero-order valence-corrected chi connectivity index (χ0v) is 11.8. The van der Waals surface area contributed by atoms with E-state index in [-0.39, 0.29) is 0 Å². The maximum absolute atomic E-state index is 5.87. The Morgan fingerprint density at radius 3 is 2.50 bits per heavy atom. The molecule has 0 saturated carbocycles. The van der Waals surface area contributed by atoms with E-state index in [9.17, 15) is 0 Å². The second-order valence-electron chi connectivity index (χ2n) is 3.78. The minimum atomic E-state index is 0.697. The van der Waals surface area contributed by atoms with E-state index in [0.717, 1.165) is 16.5 Å². The number of hydrogen-bond acceptors (Lipinski definition) is 2. The van der Waals surface area contributed by atoms with Crippen LogP contribution in [0.5, 0.6) is 5.75 Å². The predicted octanol–water partition coefficient (Wildman–Crippen LogP) is 5.03. The third kappa shape index (κ3) is 3.69. The predicted molar refractivity (Wildman–Crippen MR) is 78.6 cm³/mol. The van der Waals surface area contributed by atoms with Crippen molar-refractivity contribution in [2.45, 2.75) is 17.6 Å². The summed E-state index contributed by atoms with van der Waals surface area (Å²) in [4.78, 5) is 1.21. The summed E-state index contributed by atoms with van der Waals surface area (Å²) in [5, 5.41) is 0.772. The highest BCUT2D eigenvalue weighted by Gasteiger charge is 2.03. The maximum atomic E-state index is 5.87. The number of benzene rings is 2. The van der Waals surface area contributed by atoms with Crippen LogP contribution in [0.2, 0.25) is 5.02 Å². The first-order valence-corrected chi connectivity index (χ1v) is 7.25. The summed E-state index contributed by atoms with van der Waals surface area (Å²) in [7, 11) is 0. The molecule has 18 heavy (non-hydrogen) atoms. The molecule has 0 aromatic heterocycles. The molecular formula is C15H15ClOS. The van der Waals surface area contributed by atoms with Crippen LogP contribution in [0.1, 0.15) is 12.5 Å². The lowest BCUT2D eigenvalue weighted by atomic mass is 10.2. The van der Waals surface area contributed by atoms with Crippen LogP contribution < -0.4 is 4.74 Å². The summed E-state index contributed by atoms with van der Waals surface area (Å²) in [6.07, 6.45) is 0. The normalized spacial score (nSPS) is 10.3. The summed E-state index contributed by atoms with van der Waals surface area (Å²) in [5.41, 5.74) is 1.22. The standard InChI is InChI=1S/C15H15ClOS/c1-2-17-15-6-4-3-5-12(15)11-18-14-9-7-13(16)8-10-14/h3-10H,2,11H2,1H3. The number of thioether (sulfide) groups is 1. The molecule has 0 amide bonds. The van der Waals surface area contributed by atoms with Gasteiger partial charge < -0.3 is 4.74 Å². The molecule has 0 spiro atoms. The van der Waals surface area contributed by atoms with Gasteiger partial charge in [0.1, 0.15) is 5.75 Å². The van der Waals surface area contributed by atoms with E-state index in [1.54, 1.807) is 11.8 Å². The number of para-hydroxylation sites is 1. The first-order chi connectivity index (χ1) is 8.79. The zero-order valence-electron chi connectivity index (χ0n) is 10.2. The zero-order chi connectivity index (χ0) is 12.8. The topological polar surface area (TPSA) is 9.23 Å². The van der Waals surface area contributed by atoms with Gasteiger partial charge in [0, 0.05) is 21.2 Å². The first kappa shape index (κ1) is 13.3. The fourth-order valence-corrected chi connectivity index (χ4v) is 2.63. The molecule has 2 rings (SSSR count). The summed E-state index contributed by atoms with van der Waals surface area (Å²) in [6, 6.07) is 16.1. The Morgan fingerprint density at radius 2 is 1.78 bits per heavy atom. The Balaban J connectivity index is 2.03. The van der Waals surface area contributed by atoms with Gasteiger partial charge in [0.05, 0.1) is 6.61 Å². The molecule has 0 unspecified atom stereocenters. The molecule has 2 aromatic carbocycles. The molecule has 0 radical (unpaired) electrons. The highest BCUT2D eigenvalue weighted by molar-refractivity contribution is 7.98. The van der Waals surface area contributed by atoms with Gasteiger partial charge in [-0.2, -0.15) is 0 Å². The fraction of sp³-hybridized carbons (Fsp3) is 0.200. The molecule has 2 aromatic rings. The van der Waals surface area contributed by atoms with Crippen molar-refractivity contribution in [1.82, 2.24) is 0 Å². The second-order valence-corrected chi connectivity index (χ2v) is 5.27. The van der Waals surface area contributed by atoms with Crippen LogP contribution in [-0.4, -0.2) is 6.61 Å². The molecular weight excluding hydrogens is 264 g/mol. The monoisotopic (exact) mass is 278 g/mol. The van der Waals surface area contributed by atoms with Crippen molar-refractivity contribution in [3.8, 4) is 5.75 Å². The molecule has 0 aliphatic rings. The average molecular weight is 279 g/mol. The molecule has 3 heteroatoms. The molecule has 94 valence electrons. The van der Waals surface area contributed by atoms with Crippen LogP contribution in [-0.2, 0) is 5.75 Å². The van der Waals surface area contributed by atoms with Crippen LogP contribution in [0.25, 0.3) is 0 Å². The van der Waals surface area contributed by atoms with Crippen LogP contribution in [0.15, 0.2) is 53.4 Å². The van der Waals surface area contributed by atoms with E-state index in [2.05, 4.69) is 6.07 Å². The highest BCUT2D eigenvalue weighted by Crippen LogP contribution is 2.28. The Bertz CT molecular complexity index is 496. The molecule has 0 aliphatic carbocycles. The van der Waals surface area contributed by atoms with E-state index in [4.69, 9.17) is 16.3 Å². The van der Waals surface area contributed by atoms with Crippen molar-refractivity contribution in [3.05, 3.63) is 59.1 Å². The van der Waals surface area contributed by atoms with E-state index < -0.39 is 0 Å². The lowest BCUT2D eigenvalue weighted by Crippen LogP contribution is -1.95. The summed E-state index contributed by atoms with van der Waals surface area (Å²) < 4.78 is 5.61. The van der Waals surface area contributed by atoms with Crippen molar-refractivity contribution in [1.29, 1.82) is 0 Å². The van der Waals surface area contributed by atoms with Gasteiger partial charge in [0.2, 0.25) is 0 Å². The largest absolute Gasteiger partial charge is 0.494 e. The second kappa shape index (κ2) is 6.72. The molecule has 0 heterocycles. The van der Waals surface area contributed by atoms with Gasteiger partial charge in [-0.25, -0.2) is 0 Å². The average Bonchev–Trinajstić information content (AvgIpc) is 2.40. The van der Waals surface area contributed by atoms with Crippen LogP contribution in [0.3, 0.4) is 0 Å². The first-order valence-electron chi connectivity index (χ1n) is 5.88. The minimum Gasteiger partial charge on any atom is -0.494 e. The van der Waals surface area contributed by atoms with Crippen LogP contribution >= 0.6 is 23.4 Å². The molecule has 0 bridgehead atoms. The van der Waals surface area contributed by atoms with E-state index in [1.807, 2.05) is 49.4 Å². The smallest absolute Gasteiger partial charge is 0.123 e. The van der Waals surface area contributed by atoms with Crippen molar-refractivity contribution in [2.24, 2.45) is 0 Å². The van der Waals surface area contributed by atoms with Crippen molar-refractivity contribution in [2.75, 3.05) is 6.61 Å². The Labute approximate surface area is 117 Å². The number of halogens is 1. The van der Waals surface area contributed by atoms with Crippen molar-refractivity contribution >= 4 is 23.4 Å². The van der Waals surface area contributed by atoms with Gasteiger partial charge in [0.25, 0.3) is 0 Å². The Morgan fingerprint density at radius 1 is 1.06 bits per heavy atom. The Hall–Kier alpha value is -1.12. The summed E-state index contributed by atoms with van der Waals surface area (Å²) >= 11 is 7.65. The lowest BCUT2D eigenvalue weighted by molar-refractivity contribution is 0.337. The summed E-state index contributed by atoms with van der Waals surface area (Å²) in [6.45, 7) is 2.70. The lowest BCUT2D eigenvalue weighted by Gasteiger charge is -2.09. The fourth-order valence-electron chi connectivity index (χ4n) is 1.61. The third-order valence-corrected chi connectivity index (χ3v) is 3.79. The Kier molecular flexibility index (Phi) is 4.97. The molecule has 0 N–H and O–H groups in total. The van der Waals surface area contributed by atoms with Gasteiger partial charge in [-0.15, -0.1) is 11.8 Å². The minimum absolute atomic E-state index is 0.697. The quantitative estimate of drug-likeness (QED) is 0.709. The third-order valence-electron chi connectivity index (χ3n) is 2.48. The molecule has 0 fully saturated rings. The number of ether oxygens (including phenoxy) is 1. The van der Waals surface area contributed by atoms with Crippen LogP contribution in [0.4, 0.5) is 0 Å². The maximum Gasteiger partial charge on any atom is 0.123 e. The van der Waals surface area contributed by atoms with Gasteiger partial charge >= 0.3 is 0 Å². The van der Waals surface area contributed by atoms with E-state index in [1.165, 1.54) is 10.5 Å². The van der Waals surface area contributed by atoms with E-state index in [0.29, 0.717) is 6.61 Å². The molecule has 0 aliphatic heterocycles. The van der Waals surface area contributed by atoms with Gasteiger partial charge in [0.15, 0.2) is 0 Å². The molecule has 0 saturated heterocycles. The van der Waals surface area contributed by atoms with Gasteiger partial charge in [-0.1, -0.05) is 29.8 Å². The van der Waals surface area contributed by atoms with Gasteiger partial charge in [-0.3, -0.25) is 0 Å².